The van der Waals surface area contributed by atoms with E-state index in [1.54, 1.807) is 6.20 Å². The third kappa shape index (κ3) is 4.25. The molecular weight excluding hydrogens is 469 g/mol. The Balaban J connectivity index is 1.52. The Morgan fingerprint density at radius 2 is 2.21 bits per heavy atom. The van der Waals surface area contributed by atoms with Crippen molar-refractivity contribution in [1.29, 1.82) is 0 Å². The number of carbonyl (C=O) groups excluding carboxylic acids is 1. The molecule has 2 N–H and O–H groups in total. The van der Waals surface area contributed by atoms with Gasteiger partial charge in [-0.3, -0.25) is 14.7 Å². The standard InChI is InChI=1S/C22H21ClFN5O3S/c23-15-9-12(24)1-3-14(15)19-18(22(31)32)16(26-20(27-19)21-25-5-8-33-21)11-28-6-7-29-13(10-28)2-4-17(29)30/h1,3,5,8-9,13,19H,2,4,6-7,10-11H2,(H,26,27)(H,31,32)/t13-,19-/m0/s1. The summed E-state index contributed by atoms with van der Waals surface area (Å²) in [7, 11) is 0. The first-order chi connectivity index (χ1) is 15.9. The number of hydrogen-bond acceptors (Lipinski definition) is 7. The number of rotatable bonds is 5. The van der Waals surface area contributed by atoms with E-state index >= 15 is 0 Å². The lowest BCUT2D eigenvalue weighted by molar-refractivity contribution is -0.133. The predicted octanol–water partition coefficient (Wildman–Crippen LogP) is 2.67. The summed E-state index contributed by atoms with van der Waals surface area (Å²) in [4.78, 5) is 37.5. The zero-order valence-corrected chi connectivity index (χ0v) is 19.1. The molecule has 2 aromatic rings. The van der Waals surface area contributed by atoms with E-state index in [0.717, 1.165) is 12.5 Å². The number of fused-ring (bicyclic) bond motifs is 1. The molecule has 0 unspecified atom stereocenters. The van der Waals surface area contributed by atoms with Gasteiger partial charge in [0.1, 0.15) is 11.9 Å². The van der Waals surface area contributed by atoms with Crippen LogP contribution in [0.4, 0.5) is 4.39 Å². The topological polar surface area (TPSA) is 98.1 Å². The molecule has 3 aliphatic heterocycles. The molecule has 2 atom stereocenters. The molecule has 4 heterocycles. The molecule has 1 amide bonds. The van der Waals surface area contributed by atoms with Gasteiger partial charge in [-0.05, 0) is 18.6 Å². The normalized spacial score (nSPS) is 23.4. The number of aromatic nitrogens is 1. The second-order valence-electron chi connectivity index (χ2n) is 8.22. The lowest BCUT2D eigenvalue weighted by atomic mass is 9.95. The monoisotopic (exact) mass is 489 g/mol. The Bertz CT molecular complexity index is 1170. The molecule has 1 aromatic carbocycles. The van der Waals surface area contributed by atoms with Crippen LogP contribution in [-0.2, 0) is 9.59 Å². The fourth-order valence-corrected chi connectivity index (χ4v) is 5.52. The Hall–Kier alpha value is -2.82. The minimum Gasteiger partial charge on any atom is -0.478 e. The first-order valence-corrected chi connectivity index (χ1v) is 11.8. The predicted molar refractivity (Wildman–Crippen MR) is 122 cm³/mol. The van der Waals surface area contributed by atoms with E-state index in [0.29, 0.717) is 54.7 Å². The molecule has 5 rings (SSSR count). The number of carboxylic acids is 1. The van der Waals surface area contributed by atoms with Crippen molar-refractivity contribution in [2.45, 2.75) is 24.9 Å². The van der Waals surface area contributed by atoms with Crippen molar-refractivity contribution in [3.8, 4) is 0 Å². The number of thiazole rings is 1. The highest BCUT2D eigenvalue weighted by Crippen LogP contribution is 2.36. The number of benzene rings is 1. The average Bonchev–Trinajstić information content (AvgIpc) is 3.43. The van der Waals surface area contributed by atoms with Crippen LogP contribution in [0.15, 0.2) is 46.0 Å². The second-order valence-corrected chi connectivity index (χ2v) is 9.52. The number of nitrogens with one attached hydrogen (secondary N) is 1. The Morgan fingerprint density at radius 1 is 1.36 bits per heavy atom. The largest absolute Gasteiger partial charge is 0.478 e. The maximum Gasteiger partial charge on any atom is 0.335 e. The van der Waals surface area contributed by atoms with Crippen molar-refractivity contribution < 1.29 is 19.1 Å². The molecule has 1 aromatic heterocycles. The van der Waals surface area contributed by atoms with E-state index in [-0.39, 0.29) is 22.5 Å². The molecule has 8 nitrogen and oxygen atoms in total. The van der Waals surface area contributed by atoms with Gasteiger partial charge < -0.3 is 15.3 Å². The van der Waals surface area contributed by atoms with E-state index in [9.17, 15) is 19.1 Å². The van der Waals surface area contributed by atoms with Crippen LogP contribution < -0.4 is 5.32 Å². The van der Waals surface area contributed by atoms with Gasteiger partial charge in [0, 0.05) is 66.5 Å². The number of nitrogens with zero attached hydrogens (tertiary/aromatic N) is 4. The fraction of sp³-hybridized carbons (Fsp3) is 0.364. The maximum atomic E-state index is 13.7. The Morgan fingerprint density at radius 3 is 2.94 bits per heavy atom. The SMILES string of the molecule is O=C(O)C1=C(CN2CCN3C(=O)CC[C@H]3C2)NC(c2nccs2)=N[C@H]1c1ccc(F)cc1Cl. The first kappa shape index (κ1) is 22.0. The van der Waals surface area contributed by atoms with Crippen LogP contribution in [0.3, 0.4) is 0 Å². The Labute approximate surface area is 198 Å². The first-order valence-electron chi connectivity index (χ1n) is 10.6. The minimum atomic E-state index is -1.13. The van der Waals surface area contributed by atoms with Gasteiger partial charge in [-0.15, -0.1) is 11.3 Å². The Kier molecular flexibility index (Phi) is 5.90. The highest BCUT2D eigenvalue weighted by molar-refractivity contribution is 7.11. The van der Waals surface area contributed by atoms with Gasteiger partial charge in [0.25, 0.3) is 0 Å². The van der Waals surface area contributed by atoms with E-state index < -0.39 is 17.8 Å². The summed E-state index contributed by atoms with van der Waals surface area (Å²) in [5.41, 5.74) is 0.967. The quantitative estimate of drug-likeness (QED) is 0.670. The molecule has 0 radical (unpaired) electrons. The van der Waals surface area contributed by atoms with Gasteiger partial charge in [0.15, 0.2) is 10.8 Å². The number of carbonyl (C=O) groups is 2. The summed E-state index contributed by atoms with van der Waals surface area (Å²) in [5.74, 6) is -0.999. The minimum absolute atomic E-state index is 0.0637. The van der Waals surface area contributed by atoms with Gasteiger partial charge in [-0.1, -0.05) is 17.7 Å². The smallest absolute Gasteiger partial charge is 0.335 e. The zero-order chi connectivity index (χ0) is 23.1. The fourth-order valence-electron chi connectivity index (χ4n) is 4.67. The van der Waals surface area contributed by atoms with Crippen LogP contribution in [0.25, 0.3) is 0 Å². The lowest BCUT2D eigenvalue weighted by Gasteiger charge is -2.38. The van der Waals surface area contributed by atoms with Crippen LogP contribution in [0.5, 0.6) is 0 Å². The highest BCUT2D eigenvalue weighted by atomic mass is 35.5. The van der Waals surface area contributed by atoms with Gasteiger partial charge in [0.05, 0.1) is 5.57 Å². The van der Waals surface area contributed by atoms with E-state index in [2.05, 4.69) is 20.2 Å². The van der Waals surface area contributed by atoms with Crippen LogP contribution in [0.1, 0.15) is 29.5 Å². The molecule has 0 spiro atoms. The summed E-state index contributed by atoms with van der Waals surface area (Å²) in [5, 5.41) is 15.9. The molecule has 11 heteroatoms. The second kappa shape index (κ2) is 8.85. The summed E-state index contributed by atoms with van der Waals surface area (Å²) < 4.78 is 13.7. The van der Waals surface area contributed by atoms with Gasteiger partial charge >= 0.3 is 5.97 Å². The summed E-state index contributed by atoms with van der Waals surface area (Å²) >= 11 is 7.69. The summed E-state index contributed by atoms with van der Waals surface area (Å²) in [6.07, 6.45) is 3.02. The average molecular weight is 490 g/mol. The van der Waals surface area contributed by atoms with Crippen molar-refractivity contribution in [2.24, 2.45) is 4.99 Å². The third-order valence-electron chi connectivity index (χ3n) is 6.21. The number of aliphatic imine (C=N–C) groups is 1. The lowest BCUT2D eigenvalue weighted by Crippen LogP contribution is -2.52. The molecule has 172 valence electrons. The van der Waals surface area contributed by atoms with Crippen molar-refractivity contribution >= 4 is 40.6 Å². The molecular formula is C22H21ClFN5O3S. The maximum absolute atomic E-state index is 13.7. The highest BCUT2D eigenvalue weighted by Gasteiger charge is 2.38. The van der Waals surface area contributed by atoms with E-state index in [1.165, 1.54) is 23.5 Å². The molecule has 0 saturated carbocycles. The number of hydrogen-bond donors (Lipinski definition) is 2. The van der Waals surface area contributed by atoms with Crippen molar-refractivity contribution in [3.05, 3.63) is 62.5 Å². The van der Waals surface area contributed by atoms with Crippen LogP contribution >= 0.6 is 22.9 Å². The number of amidine groups is 1. The molecule has 2 fully saturated rings. The number of carboxylic acid groups (broad SMARTS) is 1. The third-order valence-corrected chi connectivity index (χ3v) is 7.32. The molecule has 3 aliphatic rings. The van der Waals surface area contributed by atoms with Gasteiger partial charge in [-0.25, -0.2) is 14.2 Å². The zero-order valence-electron chi connectivity index (χ0n) is 17.5. The molecule has 0 bridgehead atoms. The molecule has 0 aliphatic carbocycles. The number of halogens is 2. The van der Waals surface area contributed by atoms with Crippen molar-refractivity contribution in [3.63, 3.8) is 0 Å². The van der Waals surface area contributed by atoms with Crippen LogP contribution in [0.2, 0.25) is 5.02 Å². The summed E-state index contributed by atoms with van der Waals surface area (Å²) in [6.45, 7) is 2.29. The van der Waals surface area contributed by atoms with Crippen LogP contribution in [-0.4, -0.2) is 69.8 Å². The van der Waals surface area contributed by atoms with E-state index in [1.807, 2.05) is 10.3 Å². The van der Waals surface area contributed by atoms with Crippen LogP contribution in [0, 0.1) is 5.82 Å². The van der Waals surface area contributed by atoms with Gasteiger partial charge in [-0.2, -0.15) is 0 Å². The molecule has 2 saturated heterocycles. The molecule has 33 heavy (non-hydrogen) atoms. The number of piperazine rings is 1. The van der Waals surface area contributed by atoms with Crippen molar-refractivity contribution in [1.82, 2.24) is 20.1 Å². The van der Waals surface area contributed by atoms with Gasteiger partial charge in [0.2, 0.25) is 5.91 Å². The summed E-state index contributed by atoms with van der Waals surface area (Å²) in [6, 6.07) is 3.11. The number of aliphatic carboxylic acids is 1. The number of amides is 1. The van der Waals surface area contributed by atoms with Crippen molar-refractivity contribution in [2.75, 3.05) is 26.2 Å². The van der Waals surface area contributed by atoms with E-state index in [4.69, 9.17) is 11.6 Å².